The van der Waals surface area contributed by atoms with Crippen LogP contribution in [0.5, 0.6) is 0 Å². The molecule has 6 heteroatoms. The van der Waals surface area contributed by atoms with Crippen LogP contribution in [-0.4, -0.2) is 13.3 Å². The van der Waals surface area contributed by atoms with E-state index in [1.54, 1.807) is 0 Å². The van der Waals surface area contributed by atoms with Crippen molar-refractivity contribution in [3.05, 3.63) is 289 Å². The number of para-hydroxylation sites is 6. The number of hydrogen-bond donors (Lipinski definition) is 0. The molecule has 0 N–H and O–H groups in total. The summed E-state index contributed by atoms with van der Waals surface area (Å²) in [4.78, 5) is 6.02. The van der Waals surface area contributed by atoms with Gasteiger partial charge in [-0.3, -0.25) is 0 Å². The number of anilines is 6. The molecule has 408 valence electrons. The molecule has 0 aliphatic heterocycles. The highest BCUT2D eigenvalue weighted by atomic mass is 32.2. The van der Waals surface area contributed by atoms with E-state index in [0.717, 1.165) is 88.3 Å². The summed E-state index contributed by atoms with van der Waals surface area (Å²) in [6, 6.07) is 98.8. The summed E-state index contributed by atoms with van der Waals surface area (Å²) in [5, 5.41) is 13.3. The number of hydrogen-bond acceptors (Lipinski definition) is 5. The molecule has 0 spiro atoms. The van der Waals surface area contributed by atoms with Crippen LogP contribution in [-0.2, 0) is 5.41 Å². The summed E-state index contributed by atoms with van der Waals surface area (Å²) in [7, 11) is -1.81. The summed E-state index contributed by atoms with van der Waals surface area (Å²) in [5.74, 6) is 0. The minimum atomic E-state index is -1.81. The Morgan fingerprint density at radius 2 is 0.824 bits per heavy atom. The lowest BCUT2D eigenvalue weighted by Crippen LogP contribution is -2.37. The van der Waals surface area contributed by atoms with Crippen molar-refractivity contribution in [2.75, 3.05) is 9.80 Å². The standard InChI is InChI=1S/C79H60N2O2SSi/c1-50(2)84-70-44-24-40-63-61-38-22-42-67(75(61)82-77(63)70)80(53-30-14-8-15-31-53)55-46-47-60-65(48-55)56-34-18-20-36-58(56)73-72-59-37-21-19-35-57(59)69(49-66(72)79(74(60)73,51-26-10-6-11-27-51)52-28-12-7-13-29-52)81(54-32-16-9-17-33-54)68-43-23-39-62-64-41-25-45-71(85(3,4)5)78(64)83-76(62)68/h6-50H,1-5H3. The molecule has 0 bridgehead atoms. The maximum Gasteiger partial charge on any atom is 0.159 e. The van der Waals surface area contributed by atoms with Gasteiger partial charge in [0.15, 0.2) is 11.2 Å². The van der Waals surface area contributed by atoms with Crippen LogP contribution in [0.1, 0.15) is 36.1 Å². The number of fused-ring (bicyclic) bond motifs is 16. The molecule has 85 heavy (non-hydrogen) atoms. The lowest BCUT2D eigenvalue weighted by Gasteiger charge is -2.36. The van der Waals surface area contributed by atoms with E-state index >= 15 is 0 Å². The predicted molar refractivity (Wildman–Crippen MR) is 364 cm³/mol. The molecule has 1 aliphatic carbocycles. The van der Waals surface area contributed by atoms with Crippen molar-refractivity contribution >= 4 is 135 Å². The second-order valence-corrected chi connectivity index (χ2v) is 30.6. The largest absolute Gasteiger partial charge is 0.454 e. The average molecular weight is 1130 g/mol. The number of benzene rings is 13. The van der Waals surface area contributed by atoms with E-state index in [2.05, 4.69) is 310 Å². The van der Waals surface area contributed by atoms with Gasteiger partial charge in [0, 0.05) is 49.2 Å². The fraction of sp³-hybridized carbons (Fsp3) is 0.0886. The second kappa shape index (κ2) is 19.8. The van der Waals surface area contributed by atoms with Crippen LogP contribution in [0.4, 0.5) is 34.1 Å². The molecular weight excluding hydrogens is 1070 g/mol. The van der Waals surface area contributed by atoms with E-state index in [4.69, 9.17) is 8.83 Å². The van der Waals surface area contributed by atoms with Crippen LogP contribution < -0.4 is 15.0 Å². The van der Waals surface area contributed by atoms with E-state index < -0.39 is 13.5 Å². The predicted octanol–water partition coefficient (Wildman–Crippen LogP) is 22.3. The summed E-state index contributed by atoms with van der Waals surface area (Å²) >= 11 is 1.84. The molecule has 16 rings (SSSR count). The van der Waals surface area contributed by atoms with Crippen molar-refractivity contribution in [2.24, 2.45) is 0 Å². The Morgan fingerprint density at radius 1 is 0.353 bits per heavy atom. The smallest absolute Gasteiger partial charge is 0.159 e. The molecule has 0 unspecified atom stereocenters. The zero-order valence-electron chi connectivity index (χ0n) is 48.1. The molecule has 0 radical (unpaired) electrons. The first kappa shape index (κ1) is 51.1. The minimum Gasteiger partial charge on any atom is -0.454 e. The highest BCUT2D eigenvalue weighted by Crippen LogP contribution is 2.64. The van der Waals surface area contributed by atoms with Crippen LogP contribution in [0.15, 0.2) is 281 Å². The molecule has 15 aromatic rings. The van der Waals surface area contributed by atoms with Gasteiger partial charge in [-0.25, -0.2) is 0 Å². The molecule has 4 nitrogen and oxygen atoms in total. The molecule has 0 atom stereocenters. The van der Waals surface area contributed by atoms with Gasteiger partial charge in [-0.1, -0.05) is 240 Å². The molecule has 0 amide bonds. The first-order chi connectivity index (χ1) is 41.7. The van der Waals surface area contributed by atoms with Crippen molar-refractivity contribution < 1.29 is 8.83 Å². The van der Waals surface area contributed by atoms with Crippen molar-refractivity contribution in [1.82, 2.24) is 0 Å². The van der Waals surface area contributed by atoms with Crippen molar-refractivity contribution in [3.63, 3.8) is 0 Å². The molecule has 1 aliphatic rings. The highest BCUT2D eigenvalue weighted by Gasteiger charge is 2.49. The Labute approximate surface area is 500 Å². The van der Waals surface area contributed by atoms with Gasteiger partial charge in [0.25, 0.3) is 0 Å². The number of rotatable bonds is 11. The topological polar surface area (TPSA) is 32.8 Å². The Bertz CT molecular complexity index is 5080. The van der Waals surface area contributed by atoms with E-state index in [-0.39, 0.29) is 0 Å². The zero-order valence-corrected chi connectivity index (χ0v) is 49.9. The van der Waals surface area contributed by atoms with Crippen LogP contribution >= 0.6 is 11.8 Å². The van der Waals surface area contributed by atoms with E-state index in [9.17, 15) is 0 Å². The van der Waals surface area contributed by atoms with E-state index in [0.29, 0.717) is 5.25 Å². The van der Waals surface area contributed by atoms with Gasteiger partial charge in [0.1, 0.15) is 11.2 Å². The Morgan fingerprint density at radius 3 is 1.42 bits per heavy atom. The Hall–Kier alpha value is -9.59. The SMILES string of the molecule is CC(C)Sc1cccc2c1oc1c(N(c3ccccc3)c3ccc4c5c(c6ccccc6c4c3)-c3c(cc(N(c4ccccc4)c4cccc6c4oc4c([Si](C)(C)C)cccc46)c4ccccc34)C5(c3ccccc3)c3ccccc3)cccc12. The van der Waals surface area contributed by atoms with Crippen LogP contribution in [0.25, 0.3) is 87.3 Å². The molecule has 0 saturated heterocycles. The molecule has 2 aromatic heterocycles. The average Bonchev–Trinajstić information content (AvgIpc) is 1.69. The summed E-state index contributed by atoms with van der Waals surface area (Å²) < 4.78 is 14.4. The molecule has 0 fully saturated rings. The number of thioether (sulfide) groups is 1. The Balaban J connectivity index is 1.01. The summed E-state index contributed by atoms with van der Waals surface area (Å²) in [6.45, 7) is 11.7. The van der Waals surface area contributed by atoms with Gasteiger partial charge in [0.2, 0.25) is 0 Å². The van der Waals surface area contributed by atoms with E-state index in [1.165, 1.54) is 65.5 Å². The first-order valence-electron chi connectivity index (χ1n) is 29.6. The summed E-state index contributed by atoms with van der Waals surface area (Å²) in [5.41, 5.74) is 16.4. The zero-order chi connectivity index (χ0) is 57.1. The minimum absolute atomic E-state index is 0.403. The number of nitrogens with zero attached hydrogens (tertiary/aromatic N) is 2. The van der Waals surface area contributed by atoms with Gasteiger partial charge in [0.05, 0.1) is 35.4 Å². The second-order valence-electron chi connectivity index (χ2n) is 24.0. The lowest BCUT2D eigenvalue weighted by molar-refractivity contribution is 0.660. The fourth-order valence-corrected chi connectivity index (χ4v) is 16.6. The number of furan rings is 2. The van der Waals surface area contributed by atoms with Crippen LogP contribution in [0, 0.1) is 0 Å². The Kier molecular flexibility index (Phi) is 11.9. The van der Waals surface area contributed by atoms with Gasteiger partial charge in [-0.05, 0) is 126 Å². The van der Waals surface area contributed by atoms with Gasteiger partial charge in [-0.2, -0.15) is 0 Å². The maximum atomic E-state index is 7.31. The van der Waals surface area contributed by atoms with Crippen molar-refractivity contribution in [2.45, 2.75) is 49.0 Å². The summed E-state index contributed by atoms with van der Waals surface area (Å²) in [6.07, 6.45) is 0. The van der Waals surface area contributed by atoms with E-state index in [1.807, 2.05) is 11.8 Å². The molecule has 13 aromatic carbocycles. The highest BCUT2D eigenvalue weighted by molar-refractivity contribution is 8.00. The van der Waals surface area contributed by atoms with Crippen molar-refractivity contribution in [1.29, 1.82) is 0 Å². The lowest BCUT2D eigenvalue weighted by atomic mass is 9.66. The van der Waals surface area contributed by atoms with Crippen LogP contribution in [0.3, 0.4) is 0 Å². The van der Waals surface area contributed by atoms with Gasteiger partial charge < -0.3 is 18.6 Å². The third-order valence-corrected chi connectivity index (χ3v) is 20.7. The van der Waals surface area contributed by atoms with Crippen molar-refractivity contribution in [3.8, 4) is 11.1 Å². The van der Waals surface area contributed by atoms with Gasteiger partial charge >= 0.3 is 0 Å². The quantitative estimate of drug-likeness (QED) is 0.0732. The van der Waals surface area contributed by atoms with Crippen LogP contribution in [0.2, 0.25) is 19.6 Å². The monoisotopic (exact) mass is 1130 g/mol. The molecule has 0 saturated carbocycles. The van der Waals surface area contributed by atoms with Gasteiger partial charge in [-0.15, -0.1) is 11.8 Å². The first-order valence-corrected chi connectivity index (χ1v) is 34.0. The third-order valence-electron chi connectivity index (χ3n) is 17.6. The molecular formula is C79H60N2O2SSi. The third kappa shape index (κ3) is 7.82. The normalized spacial score (nSPS) is 13.0. The molecule has 2 heterocycles. The fourth-order valence-electron chi connectivity index (χ4n) is 14.2. The maximum absolute atomic E-state index is 7.31.